The van der Waals surface area contributed by atoms with Crippen LogP contribution in [-0.4, -0.2) is 28.5 Å². The van der Waals surface area contributed by atoms with E-state index in [0.29, 0.717) is 0 Å². The molecule has 0 fully saturated rings. The Labute approximate surface area is 72.0 Å². The molecule has 1 heterocycles. The van der Waals surface area contributed by atoms with Gasteiger partial charge in [-0.05, 0) is 25.5 Å². The van der Waals surface area contributed by atoms with Crippen molar-refractivity contribution in [3.8, 4) is 0 Å². The average Bonchev–Trinajstić information content (AvgIpc) is 2.57. The summed E-state index contributed by atoms with van der Waals surface area (Å²) in [5.41, 5.74) is 1.03. The smallest absolute Gasteiger partial charge is 0.0759 e. The van der Waals surface area contributed by atoms with Gasteiger partial charge in [-0.2, -0.15) is 5.10 Å². The Morgan fingerprint density at radius 3 is 3.08 bits per heavy atom. The first kappa shape index (κ1) is 9.22. The molecule has 3 N–H and O–H groups in total. The lowest BCUT2D eigenvalue weighted by atomic mass is 10.3. The fraction of sp³-hybridized carbons (Fsp3) is 0.625. The van der Waals surface area contributed by atoms with Crippen molar-refractivity contribution >= 4 is 0 Å². The zero-order valence-corrected chi connectivity index (χ0v) is 7.08. The molecule has 1 aromatic heterocycles. The van der Waals surface area contributed by atoms with Crippen LogP contribution in [0.4, 0.5) is 0 Å². The topological polar surface area (TPSA) is 60.9 Å². The van der Waals surface area contributed by atoms with Crippen LogP contribution in [0.1, 0.15) is 18.5 Å². The molecule has 0 aliphatic heterocycles. The minimum Gasteiger partial charge on any atom is -0.396 e. The van der Waals surface area contributed by atoms with Crippen molar-refractivity contribution < 1.29 is 5.11 Å². The van der Waals surface area contributed by atoms with Crippen molar-refractivity contribution in [1.82, 2.24) is 15.5 Å². The Morgan fingerprint density at radius 2 is 2.42 bits per heavy atom. The van der Waals surface area contributed by atoms with Gasteiger partial charge in [0.2, 0.25) is 0 Å². The summed E-state index contributed by atoms with van der Waals surface area (Å²) in [5.74, 6) is 0. The van der Waals surface area contributed by atoms with E-state index in [2.05, 4.69) is 15.5 Å². The Bertz CT molecular complexity index is 186. The monoisotopic (exact) mass is 169 g/mol. The molecular formula is C8H15N3O. The molecule has 0 saturated heterocycles. The van der Waals surface area contributed by atoms with E-state index in [1.54, 1.807) is 0 Å². The number of nitrogens with one attached hydrogen (secondary N) is 2. The molecule has 68 valence electrons. The van der Waals surface area contributed by atoms with Gasteiger partial charge in [0.25, 0.3) is 0 Å². The van der Waals surface area contributed by atoms with Crippen LogP contribution < -0.4 is 5.32 Å². The van der Waals surface area contributed by atoms with Gasteiger partial charge in [-0.1, -0.05) is 0 Å². The molecule has 0 amide bonds. The number of aliphatic hydroxyl groups is 1. The largest absolute Gasteiger partial charge is 0.396 e. The maximum Gasteiger partial charge on any atom is 0.0759 e. The second-order valence-corrected chi connectivity index (χ2v) is 2.67. The van der Waals surface area contributed by atoms with Crippen LogP contribution in [0.25, 0.3) is 0 Å². The second kappa shape index (κ2) is 5.74. The fourth-order valence-corrected chi connectivity index (χ4v) is 0.968. The summed E-state index contributed by atoms with van der Waals surface area (Å²) in [7, 11) is 0. The third-order valence-corrected chi connectivity index (χ3v) is 1.63. The molecule has 0 aliphatic rings. The molecule has 1 rings (SSSR count). The van der Waals surface area contributed by atoms with E-state index in [1.807, 2.05) is 12.3 Å². The predicted octanol–water partition coefficient (Wildman–Crippen LogP) is 0.272. The lowest BCUT2D eigenvalue weighted by Crippen LogP contribution is -2.15. The molecule has 0 saturated carbocycles. The van der Waals surface area contributed by atoms with Crippen LogP contribution in [0.2, 0.25) is 0 Å². The number of unbranched alkanes of at least 4 members (excludes halogenated alkanes) is 1. The normalized spacial score (nSPS) is 10.4. The number of rotatable bonds is 6. The summed E-state index contributed by atoms with van der Waals surface area (Å²) >= 11 is 0. The summed E-state index contributed by atoms with van der Waals surface area (Å²) in [5, 5.41) is 18.5. The van der Waals surface area contributed by atoms with Crippen molar-refractivity contribution in [3.05, 3.63) is 18.0 Å². The molecule has 0 radical (unpaired) electrons. The molecular weight excluding hydrogens is 154 g/mol. The number of nitrogens with zero attached hydrogens (tertiary/aromatic N) is 1. The molecule has 0 unspecified atom stereocenters. The van der Waals surface area contributed by atoms with E-state index in [1.165, 1.54) is 0 Å². The van der Waals surface area contributed by atoms with Crippen LogP contribution in [0.3, 0.4) is 0 Å². The molecule has 0 atom stereocenters. The van der Waals surface area contributed by atoms with Gasteiger partial charge in [0.05, 0.1) is 5.69 Å². The highest BCUT2D eigenvalue weighted by molar-refractivity contribution is 4.96. The van der Waals surface area contributed by atoms with E-state index >= 15 is 0 Å². The highest BCUT2D eigenvalue weighted by atomic mass is 16.2. The first-order valence-electron chi connectivity index (χ1n) is 4.23. The van der Waals surface area contributed by atoms with Crippen LogP contribution in [0.15, 0.2) is 12.3 Å². The van der Waals surface area contributed by atoms with Gasteiger partial charge >= 0.3 is 0 Å². The first-order valence-corrected chi connectivity index (χ1v) is 4.23. The quantitative estimate of drug-likeness (QED) is 0.536. The predicted molar refractivity (Wildman–Crippen MR) is 46.6 cm³/mol. The van der Waals surface area contributed by atoms with Gasteiger partial charge in [0.1, 0.15) is 0 Å². The van der Waals surface area contributed by atoms with Gasteiger partial charge in [-0.3, -0.25) is 5.10 Å². The summed E-state index contributed by atoms with van der Waals surface area (Å²) < 4.78 is 0. The Hall–Kier alpha value is -0.870. The van der Waals surface area contributed by atoms with Gasteiger partial charge in [-0.15, -0.1) is 0 Å². The number of H-pyrrole nitrogens is 1. The first-order chi connectivity index (χ1) is 5.93. The SMILES string of the molecule is OCCCCNCc1cc[nH]n1. The van der Waals surface area contributed by atoms with Gasteiger partial charge in [-0.25, -0.2) is 0 Å². The highest BCUT2D eigenvalue weighted by Crippen LogP contribution is 1.90. The van der Waals surface area contributed by atoms with Crippen molar-refractivity contribution in [1.29, 1.82) is 0 Å². The summed E-state index contributed by atoms with van der Waals surface area (Å²) in [4.78, 5) is 0. The second-order valence-electron chi connectivity index (χ2n) is 2.67. The Morgan fingerprint density at radius 1 is 1.50 bits per heavy atom. The zero-order chi connectivity index (χ0) is 8.65. The van der Waals surface area contributed by atoms with Crippen LogP contribution in [-0.2, 0) is 6.54 Å². The lowest BCUT2D eigenvalue weighted by molar-refractivity contribution is 0.283. The van der Waals surface area contributed by atoms with E-state index in [4.69, 9.17) is 5.11 Å². The maximum absolute atomic E-state index is 8.50. The Balaban J connectivity index is 1.96. The third kappa shape index (κ3) is 3.50. The molecule has 0 bridgehead atoms. The number of aromatic amines is 1. The van der Waals surface area contributed by atoms with Crippen molar-refractivity contribution in [2.45, 2.75) is 19.4 Å². The van der Waals surface area contributed by atoms with E-state index in [0.717, 1.165) is 31.6 Å². The third-order valence-electron chi connectivity index (χ3n) is 1.63. The van der Waals surface area contributed by atoms with Gasteiger partial charge in [0, 0.05) is 19.3 Å². The van der Waals surface area contributed by atoms with Gasteiger partial charge in [0.15, 0.2) is 0 Å². The standard InChI is InChI=1S/C8H15N3O/c12-6-2-1-4-9-7-8-3-5-10-11-8/h3,5,9,12H,1-2,4,6-7H2,(H,10,11). The number of aromatic nitrogens is 2. The summed E-state index contributed by atoms with van der Waals surface area (Å²) in [6.45, 7) is 2.02. The van der Waals surface area contributed by atoms with Crippen molar-refractivity contribution in [2.75, 3.05) is 13.2 Å². The number of hydrogen-bond donors (Lipinski definition) is 3. The van der Waals surface area contributed by atoms with Crippen LogP contribution in [0, 0.1) is 0 Å². The molecule has 12 heavy (non-hydrogen) atoms. The molecule has 4 heteroatoms. The minimum atomic E-state index is 0.282. The van der Waals surface area contributed by atoms with E-state index in [9.17, 15) is 0 Å². The fourth-order valence-electron chi connectivity index (χ4n) is 0.968. The molecule has 0 aliphatic carbocycles. The molecule has 0 aromatic carbocycles. The van der Waals surface area contributed by atoms with Crippen molar-refractivity contribution in [3.63, 3.8) is 0 Å². The highest BCUT2D eigenvalue weighted by Gasteiger charge is 1.92. The summed E-state index contributed by atoms with van der Waals surface area (Å²) in [6.07, 6.45) is 3.69. The van der Waals surface area contributed by atoms with Crippen LogP contribution in [0.5, 0.6) is 0 Å². The molecule has 4 nitrogen and oxygen atoms in total. The van der Waals surface area contributed by atoms with Crippen molar-refractivity contribution in [2.24, 2.45) is 0 Å². The zero-order valence-electron chi connectivity index (χ0n) is 7.08. The number of hydrogen-bond acceptors (Lipinski definition) is 3. The Kier molecular flexibility index (Phi) is 4.41. The minimum absolute atomic E-state index is 0.282. The lowest BCUT2D eigenvalue weighted by Gasteiger charge is -2.00. The van der Waals surface area contributed by atoms with Crippen LogP contribution >= 0.6 is 0 Å². The maximum atomic E-state index is 8.50. The van der Waals surface area contributed by atoms with Gasteiger partial charge < -0.3 is 10.4 Å². The van der Waals surface area contributed by atoms with E-state index in [-0.39, 0.29) is 6.61 Å². The summed E-state index contributed by atoms with van der Waals surface area (Å²) in [6, 6.07) is 1.94. The van der Waals surface area contributed by atoms with E-state index < -0.39 is 0 Å². The molecule has 0 spiro atoms. The molecule has 1 aromatic rings. The number of aliphatic hydroxyl groups excluding tert-OH is 1. The average molecular weight is 169 g/mol.